The van der Waals surface area contributed by atoms with Crippen LogP contribution in [-0.2, 0) is 10.0 Å². The van der Waals surface area contributed by atoms with Crippen molar-refractivity contribution < 1.29 is 17.2 Å². The first-order valence-electron chi connectivity index (χ1n) is 3.92. The second-order valence-electron chi connectivity index (χ2n) is 2.58. The van der Waals surface area contributed by atoms with Gasteiger partial charge in [-0.3, -0.25) is 0 Å². The number of benzene rings is 1. The predicted molar refractivity (Wildman–Crippen MR) is 47.2 cm³/mol. The first-order valence-corrected chi connectivity index (χ1v) is 5.40. The van der Waals surface area contributed by atoms with E-state index < -0.39 is 26.6 Å². The summed E-state index contributed by atoms with van der Waals surface area (Å²) in [6.07, 6.45) is 0. The number of hydrogen-bond donors (Lipinski definition) is 1. The molecule has 1 N–H and O–H groups in total. The van der Waals surface area contributed by atoms with Crippen LogP contribution in [0.3, 0.4) is 0 Å². The Kier molecular flexibility index (Phi) is 3.17. The van der Waals surface area contributed by atoms with E-state index in [-0.39, 0.29) is 6.54 Å². The molecule has 1 rings (SSSR count). The SMILES string of the molecule is CCNS(=O)(=O)c1cc(F)ccc1F. The Hall–Kier alpha value is -1.01. The van der Waals surface area contributed by atoms with Crippen LogP contribution in [0.5, 0.6) is 0 Å². The zero-order valence-electron chi connectivity index (χ0n) is 7.42. The van der Waals surface area contributed by atoms with Gasteiger partial charge in [0.2, 0.25) is 10.0 Å². The first kappa shape index (κ1) is 11.1. The van der Waals surface area contributed by atoms with Crippen molar-refractivity contribution in [3.63, 3.8) is 0 Å². The van der Waals surface area contributed by atoms with Crippen LogP contribution >= 0.6 is 0 Å². The third kappa shape index (κ3) is 2.27. The molecule has 0 saturated heterocycles. The largest absolute Gasteiger partial charge is 0.243 e. The van der Waals surface area contributed by atoms with E-state index in [4.69, 9.17) is 0 Å². The molecule has 0 unspecified atom stereocenters. The molecule has 0 radical (unpaired) electrons. The van der Waals surface area contributed by atoms with Crippen LogP contribution in [0, 0.1) is 11.6 Å². The van der Waals surface area contributed by atoms with Gasteiger partial charge < -0.3 is 0 Å². The lowest BCUT2D eigenvalue weighted by Gasteiger charge is -2.05. The standard InChI is InChI=1S/C8H9F2NO2S/c1-2-11-14(12,13)8-5-6(9)3-4-7(8)10/h3-5,11H,2H2,1H3. The van der Waals surface area contributed by atoms with E-state index >= 15 is 0 Å². The molecule has 0 spiro atoms. The Bertz CT molecular complexity index is 431. The quantitative estimate of drug-likeness (QED) is 0.835. The molecule has 0 atom stereocenters. The van der Waals surface area contributed by atoms with Crippen LogP contribution in [0.15, 0.2) is 23.1 Å². The van der Waals surface area contributed by atoms with Crippen molar-refractivity contribution in [3.05, 3.63) is 29.8 Å². The lowest BCUT2D eigenvalue weighted by molar-refractivity contribution is 0.547. The van der Waals surface area contributed by atoms with E-state index in [2.05, 4.69) is 4.72 Å². The summed E-state index contributed by atoms with van der Waals surface area (Å²) in [7, 11) is -3.93. The number of nitrogens with one attached hydrogen (secondary N) is 1. The second-order valence-corrected chi connectivity index (χ2v) is 4.31. The smallest absolute Gasteiger partial charge is 0.211 e. The van der Waals surface area contributed by atoms with Crippen LogP contribution in [0.25, 0.3) is 0 Å². The van der Waals surface area contributed by atoms with Crippen molar-refractivity contribution in [2.24, 2.45) is 0 Å². The Morgan fingerprint density at radius 2 is 2.00 bits per heavy atom. The van der Waals surface area contributed by atoms with Gasteiger partial charge in [-0.2, -0.15) is 0 Å². The van der Waals surface area contributed by atoms with Crippen molar-refractivity contribution in [3.8, 4) is 0 Å². The molecule has 0 fully saturated rings. The monoisotopic (exact) mass is 221 g/mol. The lowest BCUT2D eigenvalue weighted by atomic mass is 10.3. The molecule has 6 heteroatoms. The first-order chi connectivity index (χ1) is 6.47. The third-order valence-electron chi connectivity index (χ3n) is 1.52. The summed E-state index contributed by atoms with van der Waals surface area (Å²) < 4.78 is 50.3. The highest BCUT2D eigenvalue weighted by Gasteiger charge is 2.18. The molecule has 0 amide bonds. The fourth-order valence-corrected chi connectivity index (χ4v) is 2.08. The summed E-state index contributed by atoms with van der Waals surface area (Å²) in [5.41, 5.74) is 0. The number of rotatable bonds is 3. The highest BCUT2D eigenvalue weighted by molar-refractivity contribution is 7.89. The summed E-state index contributed by atoms with van der Waals surface area (Å²) in [6, 6.07) is 2.28. The molecular formula is C8H9F2NO2S. The van der Waals surface area contributed by atoms with Gasteiger partial charge >= 0.3 is 0 Å². The van der Waals surface area contributed by atoms with E-state index in [1.807, 2.05) is 0 Å². The average molecular weight is 221 g/mol. The Morgan fingerprint density at radius 1 is 1.36 bits per heavy atom. The number of halogens is 2. The highest BCUT2D eigenvalue weighted by Crippen LogP contribution is 2.15. The topological polar surface area (TPSA) is 46.2 Å². The fourth-order valence-electron chi connectivity index (χ4n) is 0.951. The molecular weight excluding hydrogens is 212 g/mol. The van der Waals surface area contributed by atoms with Gasteiger partial charge in [0.1, 0.15) is 16.5 Å². The second kappa shape index (κ2) is 4.02. The van der Waals surface area contributed by atoms with Crippen LogP contribution in [0.1, 0.15) is 6.92 Å². The molecule has 0 aliphatic heterocycles. The minimum Gasteiger partial charge on any atom is -0.211 e. The van der Waals surface area contributed by atoms with Crippen molar-refractivity contribution in [1.82, 2.24) is 4.72 Å². The van der Waals surface area contributed by atoms with Gasteiger partial charge in [0, 0.05) is 6.54 Å². The van der Waals surface area contributed by atoms with Gasteiger partial charge in [0.15, 0.2) is 0 Å². The molecule has 0 aliphatic carbocycles. The molecule has 14 heavy (non-hydrogen) atoms. The Balaban J connectivity index is 3.25. The minimum atomic E-state index is -3.93. The molecule has 1 aromatic carbocycles. The maximum Gasteiger partial charge on any atom is 0.243 e. The Morgan fingerprint density at radius 3 is 2.57 bits per heavy atom. The van der Waals surface area contributed by atoms with Gasteiger partial charge in [-0.05, 0) is 18.2 Å². The van der Waals surface area contributed by atoms with E-state index in [1.165, 1.54) is 0 Å². The van der Waals surface area contributed by atoms with Gasteiger partial charge in [-0.15, -0.1) is 0 Å². The summed E-state index contributed by atoms with van der Waals surface area (Å²) in [5.74, 6) is -1.75. The molecule has 3 nitrogen and oxygen atoms in total. The van der Waals surface area contributed by atoms with Gasteiger partial charge in [-0.1, -0.05) is 6.92 Å². The van der Waals surface area contributed by atoms with Gasteiger partial charge in [0.25, 0.3) is 0 Å². The van der Waals surface area contributed by atoms with Crippen molar-refractivity contribution in [1.29, 1.82) is 0 Å². The minimum absolute atomic E-state index is 0.123. The predicted octanol–water partition coefficient (Wildman–Crippen LogP) is 1.26. The summed E-state index contributed by atoms with van der Waals surface area (Å²) in [4.78, 5) is -0.667. The van der Waals surface area contributed by atoms with Crippen molar-refractivity contribution in [2.45, 2.75) is 11.8 Å². The summed E-state index contributed by atoms with van der Waals surface area (Å²) >= 11 is 0. The average Bonchev–Trinajstić information content (AvgIpc) is 2.09. The molecule has 1 aromatic rings. The molecule has 0 aromatic heterocycles. The summed E-state index contributed by atoms with van der Waals surface area (Å²) in [5, 5.41) is 0. The lowest BCUT2D eigenvalue weighted by Crippen LogP contribution is -2.24. The third-order valence-corrected chi connectivity index (χ3v) is 3.08. The van der Waals surface area contributed by atoms with E-state index in [0.717, 1.165) is 12.1 Å². The van der Waals surface area contributed by atoms with Crippen molar-refractivity contribution >= 4 is 10.0 Å². The van der Waals surface area contributed by atoms with Gasteiger partial charge in [-0.25, -0.2) is 21.9 Å². The molecule has 0 bridgehead atoms. The number of hydrogen-bond acceptors (Lipinski definition) is 2. The van der Waals surface area contributed by atoms with Crippen molar-refractivity contribution in [2.75, 3.05) is 6.54 Å². The molecule has 78 valence electrons. The fraction of sp³-hybridized carbons (Fsp3) is 0.250. The van der Waals surface area contributed by atoms with Crippen LogP contribution in [0.4, 0.5) is 8.78 Å². The molecule has 0 aliphatic rings. The normalized spacial score (nSPS) is 11.6. The molecule has 0 heterocycles. The van der Waals surface area contributed by atoms with Crippen LogP contribution in [-0.4, -0.2) is 15.0 Å². The Labute approximate surface area is 80.8 Å². The van der Waals surface area contributed by atoms with E-state index in [1.54, 1.807) is 6.92 Å². The molecule has 0 saturated carbocycles. The van der Waals surface area contributed by atoms with E-state index in [9.17, 15) is 17.2 Å². The zero-order valence-corrected chi connectivity index (χ0v) is 8.24. The van der Waals surface area contributed by atoms with Gasteiger partial charge in [0.05, 0.1) is 0 Å². The maximum atomic E-state index is 13.0. The van der Waals surface area contributed by atoms with Crippen LogP contribution in [0.2, 0.25) is 0 Å². The summed E-state index contributed by atoms with van der Waals surface area (Å²) in [6.45, 7) is 1.67. The number of sulfonamides is 1. The maximum absolute atomic E-state index is 13.0. The van der Waals surface area contributed by atoms with Crippen LogP contribution < -0.4 is 4.72 Å². The zero-order chi connectivity index (χ0) is 10.8. The highest BCUT2D eigenvalue weighted by atomic mass is 32.2. The van der Waals surface area contributed by atoms with E-state index in [0.29, 0.717) is 6.07 Å².